The molecule has 7 heteroatoms. The first-order chi connectivity index (χ1) is 16.4. The molecule has 34 heavy (non-hydrogen) atoms. The highest BCUT2D eigenvalue weighted by atomic mass is 16.5. The number of aliphatic hydroxyl groups is 1. The quantitative estimate of drug-likeness (QED) is 0.320. The van der Waals surface area contributed by atoms with E-state index in [1.54, 1.807) is 61.8 Å². The van der Waals surface area contributed by atoms with Crippen molar-refractivity contribution in [1.82, 2.24) is 9.88 Å². The fourth-order valence-corrected chi connectivity index (χ4v) is 4.09. The number of nitrogens with zero attached hydrogens (tertiary/aromatic N) is 2. The maximum absolute atomic E-state index is 13.2. The van der Waals surface area contributed by atoms with E-state index in [0.29, 0.717) is 29.4 Å². The largest absolute Gasteiger partial charge is 0.507 e. The fraction of sp³-hybridized carbons (Fsp3) is 0.222. The number of aryl methyl sites for hydroxylation is 1. The zero-order valence-corrected chi connectivity index (χ0v) is 19.3. The summed E-state index contributed by atoms with van der Waals surface area (Å²) in [5, 5.41) is 11.2. The Kier molecular flexibility index (Phi) is 6.63. The van der Waals surface area contributed by atoms with Crippen LogP contribution in [0.15, 0.2) is 72.4 Å². The second kappa shape index (κ2) is 9.79. The number of Topliss-reactive ketones (excluding diaryl/α,β-unsaturated/α-hetero) is 1. The Labute approximate surface area is 198 Å². The minimum Gasteiger partial charge on any atom is -0.507 e. The summed E-state index contributed by atoms with van der Waals surface area (Å²) in [5.41, 5.74) is 2.58. The van der Waals surface area contributed by atoms with Crippen molar-refractivity contribution >= 4 is 17.4 Å². The number of benzene rings is 2. The van der Waals surface area contributed by atoms with Crippen molar-refractivity contribution in [2.75, 3.05) is 13.7 Å². The molecule has 1 N–H and O–H groups in total. The zero-order chi connectivity index (χ0) is 24.2. The van der Waals surface area contributed by atoms with E-state index in [2.05, 4.69) is 4.98 Å². The van der Waals surface area contributed by atoms with Gasteiger partial charge in [-0.25, -0.2) is 0 Å². The van der Waals surface area contributed by atoms with Crippen LogP contribution >= 0.6 is 0 Å². The van der Waals surface area contributed by atoms with Crippen molar-refractivity contribution in [3.63, 3.8) is 0 Å². The Balaban J connectivity index is 1.80. The van der Waals surface area contributed by atoms with Gasteiger partial charge in [-0.15, -0.1) is 0 Å². The summed E-state index contributed by atoms with van der Waals surface area (Å²) in [6.07, 6.45) is 1.60. The molecular formula is C27H26N2O5. The van der Waals surface area contributed by atoms with E-state index in [4.69, 9.17) is 9.47 Å². The molecule has 1 aliphatic rings. The molecule has 1 aliphatic heterocycles. The lowest BCUT2D eigenvalue weighted by molar-refractivity contribution is -0.140. The summed E-state index contributed by atoms with van der Waals surface area (Å²) in [6, 6.07) is 16.9. The van der Waals surface area contributed by atoms with Crippen molar-refractivity contribution in [2.24, 2.45) is 0 Å². The molecule has 0 saturated carbocycles. The van der Waals surface area contributed by atoms with Gasteiger partial charge in [0.25, 0.3) is 11.7 Å². The van der Waals surface area contributed by atoms with Crippen LogP contribution in [-0.4, -0.2) is 40.4 Å². The molecule has 1 atom stereocenters. The van der Waals surface area contributed by atoms with Crippen LogP contribution in [0.5, 0.6) is 11.5 Å². The van der Waals surface area contributed by atoms with Gasteiger partial charge >= 0.3 is 0 Å². The lowest BCUT2D eigenvalue weighted by Gasteiger charge is -2.24. The summed E-state index contributed by atoms with van der Waals surface area (Å²) in [5.74, 6) is -0.278. The number of likely N-dealkylation sites (tertiary alicyclic amines) is 1. The molecule has 2 aromatic carbocycles. The molecule has 1 amide bonds. The third-order valence-electron chi connectivity index (χ3n) is 5.77. The molecule has 1 aromatic heterocycles. The second-order valence-electron chi connectivity index (χ2n) is 7.94. The Morgan fingerprint density at radius 1 is 1.09 bits per heavy atom. The SMILES string of the molecule is CCOc1ccc(/C(O)=C2/C(=O)C(=O)N(Cc3ccc(OC)cc3)C2c2ccccn2)cc1C. The van der Waals surface area contributed by atoms with Crippen LogP contribution < -0.4 is 9.47 Å². The van der Waals surface area contributed by atoms with E-state index in [9.17, 15) is 14.7 Å². The van der Waals surface area contributed by atoms with E-state index >= 15 is 0 Å². The molecule has 174 valence electrons. The van der Waals surface area contributed by atoms with Crippen LogP contribution in [0.4, 0.5) is 0 Å². The molecule has 0 bridgehead atoms. The van der Waals surface area contributed by atoms with Crippen LogP contribution in [-0.2, 0) is 16.1 Å². The molecule has 1 unspecified atom stereocenters. The number of amides is 1. The van der Waals surface area contributed by atoms with E-state index in [1.807, 2.05) is 26.0 Å². The number of carbonyl (C=O) groups excluding carboxylic acids is 2. The van der Waals surface area contributed by atoms with Crippen molar-refractivity contribution in [2.45, 2.75) is 26.4 Å². The van der Waals surface area contributed by atoms with Gasteiger partial charge < -0.3 is 19.5 Å². The number of methoxy groups -OCH3 is 1. The van der Waals surface area contributed by atoms with E-state index in [1.165, 1.54) is 4.90 Å². The predicted molar refractivity (Wildman–Crippen MR) is 127 cm³/mol. The highest BCUT2D eigenvalue weighted by Crippen LogP contribution is 2.40. The number of rotatable bonds is 7. The van der Waals surface area contributed by atoms with Crippen LogP contribution in [0.2, 0.25) is 0 Å². The molecule has 1 fully saturated rings. The summed E-state index contributed by atoms with van der Waals surface area (Å²) >= 11 is 0. The van der Waals surface area contributed by atoms with E-state index in [-0.39, 0.29) is 17.9 Å². The molecule has 0 aliphatic carbocycles. The standard InChI is InChI=1S/C27H26N2O5/c1-4-34-22-13-10-19(15-17(22)2)25(30)23-24(21-7-5-6-14-28-21)29(27(32)26(23)31)16-18-8-11-20(33-3)12-9-18/h5-15,24,30H,4,16H2,1-3H3/b25-23-. The number of hydrogen-bond donors (Lipinski definition) is 1. The lowest BCUT2D eigenvalue weighted by Crippen LogP contribution is -2.29. The highest BCUT2D eigenvalue weighted by molar-refractivity contribution is 6.46. The second-order valence-corrected chi connectivity index (χ2v) is 7.94. The first kappa shape index (κ1) is 23.0. The topological polar surface area (TPSA) is 89.0 Å². The average molecular weight is 459 g/mol. The number of ketones is 1. The van der Waals surface area contributed by atoms with Gasteiger partial charge in [0.1, 0.15) is 23.3 Å². The zero-order valence-electron chi connectivity index (χ0n) is 19.3. The number of pyridine rings is 1. The minimum atomic E-state index is -0.824. The maximum Gasteiger partial charge on any atom is 0.296 e. The monoisotopic (exact) mass is 458 g/mol. The Hall–Kier alpha value is -4.13. The summed E-state index contributed by atoms with van der Waals surface area (Å²) < 4.78 is 10.8. The van der Waals surface area contributed by atoms with Gasteiger partial charge in [0.15, 0.2) is 0 Å². The molecule has 0 spiro atoms. The number of hydrogen-bond acceptors (Lipinski definition) is 6. The van der Waals surface area contributed by atoms with Gasteiger partial charge in [-0.2, -0.15) is 0 Å². The van der Waals surface area contributed by atoms with Gasteiger partial charge in [-0.05, 0) is 67.4 Å². The molecule has 4 rings (SSSR count). The number of carbonyl (C=O) groups is 2. The minimum absolute atomic E-state index is 0.0146. The highest BCUT2D eigenvalue weighted by Gasteiger charge is 2.46. The Morgan fingerprint density at radius 3 is 2.47 bits per heavy atom. The van der Waals surface area contributed by atoms with Crippen molar-refractivity contribution in [3.8, 4) is 11.5 Å². The summed E-state index contributed by atoms with van der Waals surface area (Å²) in [6.45, 7) is 4.45. The first-order valence-electron chi connectivity index (χ1n) is 11.0. The fourth-order valence-electron chi connectivity index (χ4n) is 4.09. The van der Waals surface area contributed by atoms with Gasteiger partial charge in [0.2, 0.25) is 0 Å². The molecule has 7 nitrogen and oxygen atoms in total. The number of aromatic nitrogens is 1. The Bertz CT molecular complexity index is 1240. The molecule has 3 aromatic rings. The maximum atomic E-state index is 13.2. The normalized spacial score (nSPS) is 17.1. The van der Waals surface area contributed by atoms with Crippen molar-refractivity contribution in [3.05, 3.63) is 94.8 Å². The smallest absolute Gasteiger partial charge is 0.296 e. The average Bonchev–Trinajstić information content (AvgIpc) is 3.11. The van der Waals surface area contributed by atoms with Crippen molar-refractivity contribution < 1.29 is 24.2 Å². The number of aliphatic hydroxyl groups excluding tert-OH is 1. The van der Waals surface area contributed by atoms with Gasteiger partial charge in [-0.1, -0.05) is 18.2 Å². The number of ether oxygens (including phenoxy) is 2. The molecule has 2 heterocycles. The van der Waals surface area contributed by atoms with Crippen LogP contribution in [0, 0.1) is 6.92 Å². The van der Waals surface area contributed by atoms with Crippen LogP contribution in [0.25, 0.3) is 5.76 Å². The lowest BCUT2D eigenvalue weighted by atomic mass is 9.97. The molecule has 1 saturated heterocycles. The van der Waals surface area contributed by atoms with E-state index in [0.717, 1.165) is 11.1 Å². The van der Waals surface area contributed by atoms with Crippen LogP contribution in [0.1, 0.15) is 35.3 Å². The summed E-state index contributed by atoms with van der Waals surface area (Å²) in [4.78, 5) is 32.1. The third-order valence-corrected chi connectivity index (χ3v) is 5.77. The first-order valence-corrected chi connectivity index (χ1v) is 11.0. The van der Waals surface area contributed by atoms with Gasteiger partial charge in [0.05, 0.1) is 25.0 Å². The molecular weight excluding hydrogens is 432 g/mol. The molecule has 0 radical (unpaired) electrons. The van der Waals surface area contributed by atoms with Crippen molar-refractivity contribution in [1.29, 1.82) is 0 Å². The van der Waals surface area contributed by atoms with E-state index < -0.39 is 17.7 Å². The third kappa shape index (κ3) is 4.37. The summed E-state index contributed by atoms with van der Waals surface area (Å²) in [7, 11) is 1.58. The predicted octanol–water partition coefficient (Wildman–Crippen LogP) is 4.42. The van der Waals surface area contributed by atoms with Crippen LogP contribution in [0.3, 0.4) is 0 Å². The Morgan fingerprint density at radius 2 is 1.85 bits per heavy atom. The van der Waals surface area contributed by atoms with Gasteiger partial charge in [0, 0.05) is 18.3 Å². The van der Waals surface area contributed by atoms with Gasteiger partial charge in [-0.3, -0.25) is 14.6 Å².